The van der Waals surface area contributed by atoms with E-state index in [9.17, 15) is 50.4 Å². The SMILES string of the molecule is NC(=O)c1cc([N+](=O)[O-])cc(-c2ncc(C(F)(F)C(F)(F)C(F)(F)F)cc2F)c1Sc1nnnn1CCCN1CCCC1=O. The van der Waals surface area contributed by atoms with Crippen LogP contribution in [0.3, 0.4) is 0 Å². The molecule has 1 saturated heterocycles. The second kappa shape index (κ2) is 11.9. The lowest BCUT2D eigenvalue weighted by molar-refractivity contribution is -0.384. The minimum absolute atomic E-state index is 0.0293. The summed E-state index contributed by atoms with van der Waals surface area (Å²) >= 11 is 0.526. The number of carbonyl (C=O) groups excluding carboxylic acids is 2. The number of hydrogen-bond acceptors (Lipinski definition) is 9. The Hall–Kier alpha value is -4.43. The number of alkyl halides is 7. The molecular formula is C23H18F8N8O4S. The third-order valence-electron chi connectivity index (χ3n) is 6.42. The lowest BCUT2D eigenvalue weighted by Gasteiger charge is -2.28. The van der Waals surface area contributed by atoms with Crippen molar-refractivity contribution in [1.29, 1.82) is 0 Å². The van der Waals surface area contributed by atoms with Gasteiger partial charge >= 0.3 is 18.0 Å². The number of likely N-dealkylation sites (tertiary alicyclic amines) is 1. The number of hydrogen-bond donors (Lipinski definition) is 1. The number of primary amides is 1. The van der Waals surface area contributed by atoms with E-state index in [1.165, 1.54) is 4.68 Å². The van der Waals surface area contributed by atoms with Gasteiger partial charge in [-0.15, -0.1) is 5.10 Å². The van der Waals surface area contributed by atoms with Crippen LogP contribution in [0.4, 0.5) is 40.8 Å². The number of nitro benzene ring substituents is 1. The van der Waals surface area contributed by atoms with Gasteiger partial charge < -0.3 is 10.6 Å². The molecule has 0 unspecified atom stereocenters. The summed E-state index contributed by atoms with van der Waals surface area (Å²) in [6.45, 7) is 1.05. The molecule has 1 aliphatic rings. The number of amides is 2. The van der Waals surface area contributed by atoms with Crippen LogP contribution in [-0.4, -0.2) is 72.0 Å². The van der Waals surface area contributed by atoms with Crippen molar-refractivity contribution in [3.63, 3.8) is 0 Å². The van der Waals surface area contributed by atoms with E-state index in [4.69, 9.17) is 5.73 Å². The van der Waals surface area contributed by atoms with Crippen LogP contribution in [0, 0.1) is 15.9 Å². The Bertz CT molecular complexity index is 1620. The van der Waals surface area contributed by atoms with Gasteiger partial charge in [-0.25, -0.2) is 9.07 Å². The van der Waals surface area contributed by atoms with Gasteiger partial charge in [0, 0.05) is 60.4 Å². The quantitative estimate of drug-likeness (QED) is 0.180. The van der Waals surface area contributed by atoms with Crippen molar-refractivity contribution in [2.75, 3.05) is 13.1 Å². The minimum atomic E-state index is -6.71. The maximum absolute atomic E-state index is 15.2. The van der Waals surface area contributed by atoms with Crippen LogP contribution in [0.1, 0.15) is 35.2 Å². The Balaban J connectivity index is 1.76. The summed E-state index contributed by atoms with van der Waals surface area (Å²) in [5.74, 6) is -15.8. The summed E-state index contributed by atoms with van der Waals surface area (Å²) in [6, 6.07) is 1.05. The normalized spacial score (nSPS) is 14.4. The summed E-state index contributed by atoms with van der Waals surface area (Å²) in [7, 11) is 0. The highest BCUT2D eigenvalue weighted by Gasteiger charge is 2.73. The van der Waals surface area contributed by atoms with Gasteiger partial charge in [0.1, 0.15) is 11.5 Å². The average molecular weight is 654 g/mol. The topological polar surface area (TPSA) is 163 Å². The van der Waals surface area contributed by atoms with Crippen molar-refractivity contribution in [1.82, 2.24) is 30.1 Å². The Kier molecular flexibility index (Phi) is 8.80. The molecule has 0 spiro atoms. The summed E-state index contributed by atoms with van der Waals surface area (Å²) < 4.78 is 110. The number of benzene rings is 1. The van der Waals surface area contributed by atoms with E-state index in [2.05, 4.69) is 20.5 Å². The van der Waals surface area contributed by atoms with Gasteiger partial charge in [0.05, 0.1) is 10.5 Å². The Labute approximate surface area is 244 Å². The number of rotatable bonds is 11. The first-order chi connectivity index (χ1) is 20.5. The van der Waals surface area contributed by atoms with Crippen molar-refractivity contribution in [2.24, 2.45) is 5.73 Å². The maximum Gasteiger partial charge on any atom is 0.460 e. The highest BCUT2D eigenvalue weighted by Crippen LogP contribution is 2.52. The second-order valence-corrected chi connectivity index (χ2v) is 10.3. The number of halogens is 8. The van der Waals surface area contributed by atoms with E-state index in [0.29, 0.717) is 56.2 Å². The van der Waals surface area contributed by atoms with E-state index in [-0.39, 0.29) is 34.8 Å². The molecule has 3 heterocycles. The summed E-state index contributed by atoms with van der Waals surface area (Å²) in [5, 5.41) is 22.5. The predicted octanol–water partition coefficient (Wildman–Crippen LogP) is 4.33. The molecule has 236 valence electrons. The molecule has 2 amide bonds. The van der Waals surface area contributed by atoms with Crippen molar-refractivity contribution in [3.05, 3.63) is 51.5 Å². The van der Waals surface area contributed by atoms with E-state index < -0.39 is 62.7 Å². The van der Waals surface area contributed by atoms with Crippen LogP contribution < -0.4 is 5.73 Å². The van der Waals surface area contributed by atoms with E-state index in [1.807, 2.05) is 0 Å². The third kappa shape index (κ3) is 6.13. The molecule has 4 rings (SSSR count). The molecule has 0 radical (unpaired) electrons. The Morgan fingerprint density at radius 3 is 2.39 bits per heavy atom. The molecule has 0 aliphatic carbocycles. The van der Waals surface area contributed by atoms with Crippen LogP contribution in [0.15, 0.2) is 34.4 Å². The van der Waals surface area contributed by atoms with Crippen molar-refractivity contribution >= 4 is 29.3 Å². The van der Waals surface area contributed by atoms with Crippen molar-refractivity contribution < 1.29 is 49.6 Å². The summed E-state index contributed by atoms with van der Waals surface area (Å²) in [5.41, 5.74) is 0.135. The molecule has 2 aromatic heterocycles. The zero-order valence-corrected chi connectivity index (χ0v) is 22.6. The van der Waals surface area contributed by atoms with Crippen molar-refractivity contribution in [3.8, 4) is 11.3 Å². The fourth-order valence-corrected chi connectivity index (χ4v) is 5.24. The molecule has 0 saturated carbocycles. The lowest BCUT2D eigenvalue weighted by atomic mass is 10.0. The number of non-ortho nitro benzene ring substituents is 1. The number of nitrogens with two attached hydrogens (primary N) is 1. The minimum Gasteiger partial charge on any atom is -0.366 e. The molecule has 0 atom stereocenters. The van der Waals surface area contributed by atoms with Gasteiger partial charge in [0.15, 0.2) is 0 Å². The van der Waals surface area contributed by atoms with E-state index in [0.717, 1.165) is 0 Å². The third-order valence-corrected chi connectivity index (χ3v) is 7.54. The molecule has 2 N–H and O–H groups in total. The number of nitrogens with zero attached hydrogens (tertiary/aromatic N) is 7. The lowest BCUT2D eigenvalue weighted by Crippen LogP contribution is -2.50. The largest absolute Gasteiger partial charge is 0.460 e. The van der Waals surface area contributed by atoms with Gasteiger partial charge in [-0.05, 0) is 41.1 Å². The molecule has 21 heteroatoms. The molecule has 1 aromatic carbocycles. The van der Waals surface area contributed by atoms with Gasteiger partial charge in [-0.2, -0.15) is 30.7 Å². The van der Waals surface area contributed by atoms with Crippen LogP contribution in [0.25, 0.3) is 11.3 Å². The number of aromatic nitrogens is 5. The monoisotopic (exact) mass is 654 g/mol. The van der Waals surface area contributed by atoms with Crippen molar-refractivity contribution in [2.45, 2.75) is 53.9 Å². The Morgan fingerprint density at radius 2 is 1.82 bits per heavy atom. The number of tetrazole rings is 1. The van der Waals surface area contributed by atoms with Crippen LogP contribution in [-0.2, 0) is 17.3 Å². The van der Waals surface area contributed by atoms with Gasteiger partial charge in [-0.3, -0.25) is 24.7 Å². The Morgan fingerprint density at radius 1 is 1.11 bits per heavy atom. The molecule has 0 bridgehead atoms. The van der Waals surface area contributed by atoms with E-state index >= 15 is 4.39 Å². The van der Waals surface area contributed by atoms with Crippen LogP contribution in [0.5, 0.6) is 0 Å². The highest BCUT2D eigenvalue weighted by molar-refractivity contribution is 7.99. The molecule has 3 aromatic rings. The predicted molar refractivity (Wildman–Crippen MR) is 132 cm³/mol. The molecule has 44 heavy (non-hydrogen) atoms. The fourth-order valence-electron chi connectivity index (χ4n) is 4.21. The first kappa shape index (κ1) is 32.5. The number of pyridine rings is 1. The van der Waals surface area contributed by atoms with Gasteiger partial charge in [0.25, 0.3) is 5.69 Å². The second-order valence-electron chi connectivity index (χ2n) is 9.32. The molecule has 1 fully saturated rings. The number of nitro groups is 1. The first-order valence-electron chi connectivity index (χ1n) is 12.3. The zero-order valence-electron chi connectivity index (χ0n) is 21.8. The van der Waals surface area contributed by atoms with Gasteiger partial charge in [0.2, 0.25) is 17.0 Å². The van der Waals surface area contributed by atoms with Gasteiger partial charge in [-0.1, -0.05) is 0 Å². The summed E-state index contributed by atoms with van der Waals surface area (Å²) in [6.07, 6.45) is -5.37. The summed E-state index contributed by atoms with van der Waals surface area (Å²) in [4.78, 5) is 39.2. The van der Waals surface area contributed by atoms with Crippen LogP contribution in [0.2, 0.25) is 0 Å². The highest BCUT2D eigenvalue weighted by atomic mass is 32.2. The molecule has 1 aliphatic heterocycles. The van der Waals surface area contributed by atoms with Crippen LogP contribution >= 0.6 is 11.8 Å². The zero-order chi connectivity index (χ0) is 32.6. The van der Waals surface area contributed by atoms with E-state index in [1.54, 1.807) is 4.90 Å². The average Bonchev–Trinajstić information content (AvgIpc) is 3.56. The molecule has 12 nitrogen and oxygen atoms in total. The number of aryl methyl sites for hydroxylation is 1. The number of carbonyl (C=O) groups is 2. The first-order valence-corrected chi connectivity index (χ1v) is 13.1. The smallest absolute Gasteiger partial charge is 0.366 e. The maximum atomic E-state index is 15.2. The standard InChI is InChI=1S/C23H18F8N8O4S/c24-15-7-11(21(25,26)22(27,28)23(29,30)31)10-33-17(15)13-8-12(39(42)43)9-14(19(32)41)18(13)44-20-34-35-36-38(20)6-2-5-37-4-1-3-16(37)40/h7-10H,1-6H2,(H2,32,41). The molecular weight excluding hydrogens is 636 g/mol. The fraction of sp³-hybridized carbons (Fsp3) is 0.391.